The summed E-state index contributed by atoms with van der Waals surface area (Å²) >= 11 is 1.80. The van der Waals surface area contributed by atoms with Gasteiger partial charge in [-0.1, -0.05) is 5.21 Å². The lowest BCUT2D eigenvalue weighted by Gasteiger charge is -2.06. The topological polar surface area (TPSA) is 110 Å². The number of fused-ring (bicyclic) bond motifs is 1. The number of amides is 1. The quantitative estimate of drug-likeness (QED) is 0.723. The number of aromatic carboxylic acids is 1. The lowest BCUT2D eigenvalue weighted by molar-refractivity contribution is -0.121. The Bertz CT molecular complexity index is 716. The molecule has 1 amide bonds. The second kappa shape index (κ2) is 7.52. The van der Waals surface area contributed by atoms with Crippen molar-refractivity contribution >= 4 is 23.2 Å². The maximum absolute atomic E-state index is 11.8. The highest BCUT2D eigenvalue weighted by atomic mass is 32.1. The van der Waals surface area contributed by atoms with Gasteiger partial charge in [-0.25, -0.2) is 14.5 Å². The number of carboxylic acids is 1. The fraction of sp³-hybridized carbons (Fsp3) is 0.533. The standard InChI is InChI=1S/C15H19N5O3S/c21-13(9-20-8-11(15(22)23)18-19-20)16-7-3-6-14-17-10-4-1-2-5-12(10)24-14/h8H,1-7,9H2,(H,16,21)(H,22,23). The van der Waals surface area contributed by atoms with E-state index < -0.39 is 5.97 Å². The van der Waals surface area contributed by atoms with E-state index in [1.807, 2.05) is 0 Å². The molecule has 0 radical (unpaired) electrons. The molecule has 0 saturated heterocycles. The van der Waals surface area contributed by atoms with Gasteiger partial charge in [0.15, 0.2) is 5.69 Å². The molecule has 1 aliphatic carbocycles. The molecule has 0 bridgehead atoms. The molecule has 1 aliphatic rings. The highest BCUT2D eigenvalue weighted by molar-refractivity contribution is 7.11. The summed E-state index contributed by atoms with van der Waals surface area (Å²) in [5.74, 6) is -1.37. The van der Waals surface area contributed by atoms with Crippen LogP contribution in [0.25, 0.3) is 0 Å². The normalized spacial score (nSPS) is 13.5. The molecule has 0 atom stereocenters. The molecule has 2 heterocycles. The van der Waals surface area contributed by atoms with Gasteiger partial charge in [-0.3, -0.25) is 4.79 Å². The van der Waals surface area contributed by atoms with E-state index in [0.717, 1.165) is 30.7 Å². The number of hydrogen-bond acceptors (Lipinski definition) is 6. The van der Waals surface area contributed by atoms with Gasteiger partial charge in [0.1, 0.15) is 6.54 Å². The number of rotatable bonds is 7. The number of thiazole rings is 1. The molecule has 2 N–H and O–H groups in total. The van der Waals surface area contributed by atoms with Crippen molar-refractivity contribution < 1.29 is 14.7 Å². The largest absolute Gasteiger partial charge is 0.476 e. The summed E-state index contributed by atoms with van der Waals surface area (Å²) in [7, 11) is 0. The summed E-state index contributed by atoms with van der Waals surface area (Å²) in [6.07, 6.45) is 7.68. The number of carboxylic acid groups (broad SMARTS) is 1. The number of hydrogen-bond donors (Lipinski definition) is 2. The van der Waals surface area contributed by atoms with Crippen LogP contribution in [0.2, 0.25) is 0 Å². The number of aromatic nitrogens is 4. The van der Waals surface area contributed by atoms with Gasteiger partial charge in [0.25, 0.3) is 0 Å². The molecule has 3 rings (SSSR count). The van der Waals surface area contributed by atoms with E-state index in [1.54, 1.807) is 11.3 Å². The zero-order valence-corrected chi connectivity index (χ0v) is 14.0. The SMILES string of the molecule is O=C(Cn1cc(C(=O)O)nn1)NCCCc1nc2c(s1)CCCC2. The van der Waals surface area contributed by atoms with Crippen molar-refractivity contribution in [3.05, 3.63) is 27.5 Å². The summed E-state index contributed by atoms with van der Waals surface area (Å²) in [5.41, 5.74) is 1.10. The van der Waals surface area contributed by atoms with Crippen molar-refractivity contribution in [3.8, 4) is 0 Å². The number of carbonyl (C=O) groups is 2. The van der Waals surface area contributed by atoms with Crippen molar-refractivity contribution in [2.45, 2.75) is 45.1 Å². The zero-order valence-electron chi connectivity index (χ0n) is 13.2. The molecule has 0 aromatic carbocycles. The van der Waals surface area contributed by atoms with Crippen LogP contribution in [-0.2, 0) is 30.6 Å². The van der Waals surface area contributed by atoms with E-state index in [9.17, 15) is 9.59 Å². The summed E-state index contributed by atoms with van der Waals surface area (Å²) in [4.78, 5) is 28.6. The van der Waals surface area contributed by atoms with E-state index in [4.69, 9.17) is 5.11 Å². The Labute approximate surface area is 142 Å². The second-order valence-corrected chi connectivity index (χ2v) is 6.91. The van der Waals surface area contributed by atoms with E-state index in [1.165, 1.54) is 34.3 Å². The predicted molar refractivity (Wildman–Crippen MR) is 87.1 cm³/mol. The van der Waals surface area contributed by atoms with Crippen LogP contribution in [-0.4, -0.2) is 43.5 Å². The van der Waals surface area contributed by atoms with Crippen LogP contribution < -0.4 is 5.32 Å². The third kappa shape index (κ3) is 4.16. The third-order valence-electron chi connectivity index (χ3n) is 3.84. The molecular formula is C15H19N5O3S. The molecule has 9 heteroatoms. The predicted octanol–water partition coefficient (Wildman–Crippen LogP) is 1.06. The lowest BCUT2D eigenvalue weighted by Crippen LogP contribution is -2.28. The molecule has 128 valence electrons. The Morgan fingerprint density at radius 1 is 1.33 bits per heavy atom. The van der Waals surface area contributed by atoms with Crippen LogP contribution in [0.5, 0.6) is 0 Å². The number of carbonyl (C=O) groups excluding carboxylic acids is 1. The third-order valence-corrected chi connectivity index (χ3v) is 5.06. The molecule has 0 unspecified atom stereocenters. The summed E-state index contributed by atoms with van der Waals surface area (Å²) < 4.78 is 1.22. The Balaban J connectivity index is 1.38. The van der Waals surface area contributed by atoms with Crippen molar-refractivity contribution in [1.82, 2.24) is 25.3 Å². The Hall–Kier alpha value is -2.29. The highest BCUT2D eigenvalue weighted by Gasteiger charge is 2.15. The molecule has 0 spiro atoms. The molecule has 0 fully saturated rings. The minimum absolute atomic E-state index is 0.0359. The number of nitrogens with one attached hydrogen (secondary N) is 1. The molecule has 24 heavy (non-hydrogen) atoms. The fourth-order valence-electron chi connectivity index (χ4n) is 2.66. The zero-order chi connectivity index (χ0) is 16.9. The first-order valence-corrected chi connectivity index (χ1v) is 8.81. The Kier molecular flexibility index (Phi) is 5.19. The molecule has 8 nitrogen and oxygen atoms in total. The monoisotopic (exact) mass is 349 g/mol. The first-order valence-electron chi connectivity index (χ1n) is 7.99. The number of aryl methyl sites for hydroxylation is 3. The number of nitrogens with zero attached hydrogens (tertiary/aromatic N) is 4. The summed E-state index contributed by atoms with van der Waals surface area (Å²) in [6.45, 7) is 0.523. The molecular weight excluding hydrogens is 330 g/mol. The van der Waals surface area contributed by atoms with Crippen molar-refractivity contribution in [2.24, 2.45) is 0 Å². The van der Waals surface area contributed by atoms with Crippen LogP contribution in [0.4, 0.5) is 0 Å². The molecule has 0 saturated carbocycles. The smallest absolute Gasteiger partial charge is 0.358 e. The van der Waals surface area contributed by atoms with Crippen LogP contribution in [0, 0.1) is 0 Å². The Morgan fingerprint density at radius 3 is 2.92 bits per heavy atom. The van der Waals surface area contributed by atoms with Crippen molar-refractivity contribution in [2.75, 3.05) is 6.54 Å². The first-order chi connectivity index (χ1) is 11.6. The van der Waals surface area contributed by atoms with Crippen LogP contribution in [0.1, 0.15) is 45.3 Å². The van der Waals surface area contributed by atoms with Gasteiger partial charge in [-0.05, 0) is 32.1 Å². The fourth-order valence-corrected chi connectivity index (χ4v) is 3.86. The van der Waals surface area contributed by atoms with E-state index >= 15 is 0 Å². The molecule has 2 aromatic heterocycles. The average Bonchev–Trinajstić information content (AvgIpc) is 3.17. The van der Waals surface area contributed by atoms with Gasteiger partial charge in [-0.2, -0.15) is 0 Å². The van der Waals surface area contributed by atoms with Crippen LogP contribution in [0.15, 0.2) is 6.20 Å². The van der Waals surface area contributed by atoms with Crippen molar-refractivity contribution in [3.63, 3.8) is 0 Å². The highest BCUT2D eigenvalue weighted by Crippen LogP contribution is 2.27. The molecule has 2 aromatic rings. The van der Waals surface area contributed by atoms with Gasteiger partial charge in [0, 0.05) is 17.8 Å². The van der Waals surface area contributed by atoms with Gasteiger partial charge >= 0.3 is 5.97 Å². The van der Waals surface area contributed by atoms with E-state index in [0.29, 0.717) is 6.54 Å². The maximum atomic E-state index is 11.8. The lowest BCUT2D eigenvalue weighted by atomic mass is 10.0. The van der Waals surface area contributed by atoms with Gasteiger partial charge in [0.05, 0.1) is 16.9 Å². The van der Waals surface area contributed by atoms with Crippen LogP contribution in [0.3, 0.4) is 0 Å². The first kappa shape index (κ1) is 16.6. The van der Waals surface area contributed by atoms with Gasteiger partial charge in [-0.15, -0.1) is 16.4 Å². The summed E-state index contributed by atoms with van der Waals surface area (Å²) in [6, 6.07) is 0. The average molecular weight is 349 g/mol. The van der Waals surface area contributed by atoms with Gasteiger partial charge in [0.2, 0.25) is 5.91 Å². The minimum Gasteiger partial charge on any atom is -0.476 e. The molecule has 0 aliphatic heterocycles. The minimum atomic E-state index is -1.16. The Morgan fingerprint density at radius 2 is 2.17 bits per heavy atom. The van der Waals surface area contributed by atoms with Crippen molar-refractivity contribution in [1.29, 1.82) is 0 Å². The summed E-state index contributed by atoms with van der Waals surface area (Å²) in [5, 5.41) is 19.8. The van der Waals surface area contributed by atoms with Gasteiger partial charge < -0.3 is 10.4 Å². The van der Waals surface area contributed by atoms with E-state index in [-0.39, 0.29) is 18.1 Å². The van der Waals surface area contributed by atoms with Crippen LogP contribution >= 0.6 is 11.3 Å². The second-order valence-electron chi connectivity index (χ2n) is 5.74. The van der Waals surface area contributed by atoms with E-state index in [2.05, 4.69) is 20.6 Å². The maximum Gasteiger partial charge on any atom is 0.358 e.